The smallest absolute Gasteiger partial charge is 0.296 e. The van der Waals surface area contributed by atoms with E-state index in [9.17, 15) is 18.1 Å². The van der Waals surface area contributed by atoms with Gasteiger partial charge in [-0.15, -0.1) is 14.6 Å². The van der Waals surface area contributed by atoms with Crippen LogP contribution in [-0.4, -0.2) is 23.3 Å². The number of hydrogen-bond donors (Lipinski definition) is 4. The summed E-state index contributed by atoms with van der Waals surface area (Å²) < 4.78 is 36.7. The number of anilines is 1. The van der Waals surface area contributed by atoms with E-state index in [1.54, 1.807) is 24.3 Å². The van der Waals surface area contributed by atoms with Gasteiger partial charge in [-0.25, -0.2) is 5.26 Å². The highest BCUT2D eigenvalue weighted by molar-refractivity contribution is 7.94. The first-order valence-corrected chi connectivity index (χ1v) is 9.67. The Morgan fingerprint density at radius 2 is 1.82 bits per heavy atom. The van der Waals surface area contributed by atoms with Crippen molar-refractivity contribution in [1.29, 1.82) is 0 Å². The van der Waals surface area contributed by atoms with Gasteiger partial charge in [-0.1, -0.05) is 17.2 Å². The minimum Gasteiger partial charge on any atom is -0.505 e. The van der Waals surface area contributed by atoms with Gasteiger partial charge in [0.05, 0.1) is 16.9 Å². The third kappa shape index (κ3) is 4.22. The van der Waals surface area contributed by atoms with Crippen molar-refractivity contribution in [2.45, 2.75) is 9.79 Å². The molecule has 3 aromatic rings. The summed E-state index contributed by atoms with van der Waals surface area (Å²) in [6.07, 6.45) is 0. The fraction of sp³-hybridized carbons (Fsp3) is 0. The molecule has 5 N–H and O–H groups in total. The van der Waals surface area contributed by atoms with Crippen LogP contribution >= 0.6 is 12.0 Å². The van der Waals surface area contributed by atoms with E-state index in [0.717, 1.165) is 6.07 Å². The maximum atomic E-state index is 11.5. The number of fused-ring (bicyclic) bond motifs is 1. The van der Waals surface area contributed by atoms with Crippen LogP contribution in [0.15, 0.2) is 68.6 Å². The van der Waals surface area contributed by atoms with Gasteiger partial charge in [0.2, 0.25) is 0 Å². The quantitative estimate of drug-likeness (QED) is 0.113. The Kier molecular flexibility index (Phi) is 5.79. The van der Waals surface area contributed by atoms with Crippen LogP contribution in [0.2, 0.25) is 0 Å². The van der Waals surface area contributed by atoms with Gasteiger partial charge < -0.3 is 10.8 Å². The maximum Gasteiger partial charge on any atom is 0.296 e. The first-order valence-electron chi connectivity index (χ1n) is 7.49. The minimum atomic E-state index is -4.52. The number of hydrogen-bond acceptors (Lipinski definition) is 10. The van der Waals surface area contributed by atoms with E-state index in [4.69, 9.17) is 11.0 Å². The van der Waals surface area contributed by atoms with E-state index in [1.165, 1.54) is 18.2 Å². The van der Waals surface area contributed by atoms with E-state index in [1.807, 2.05) is 0 Å². The standard InChI is InChI=1S/C16H13N3O7S2/c17-10-5-6-11-9(7-10)8-13(27-26-25-21)15(16(11)20)19-18-12-3-1-2-4-14(12)28(22,23)24/h1-8,20-21H,17H2,(H,22,23,24). The number of phenolic OH excluding ortho intramolecular Hbond substituents is 1. The molecule has 0 spiro atoms. The molecule has 3 rings (SSSR count). The summed E-state index contributed by atoms with van der Waals surface area (Å²) in [5.41, 5.74) is 5.98. The molecular weight excluding hydrogens is 410 g/mol. The van der Waals surface area contributed by atoms with Crippen molar-refractivity contribution in [2.75, 3.05) is 5.73 Å². The number of aromatic hydroxyl groups is 1. The molecule has 0 aliphatic rings. The van der Waals surface area contributed by atoms with E-state index in [-0.39, 0.29) is 22.0 Å². The van der Waals surface area contributed by atoms with Gasteiger partial charge in [0.1, 0.15) is 16.3 Å². The van der Waals surface area contributed by atoms with Gasteiger partial charge >= 0.3 is 0 Å². The van der Waals surface area contributed by atoms with Crippen LogP contribution in [-0.2, 0) is 19.5 Å². The lowest BCUT2D eigenvalue weighted by molar-refractivity contribution is -0.432. The fourth-order valence-electron chi connectivity index (χ4n) is 2.44. The van der Waals surface area contributed by atoms with Crippen molar-refractivity contribution in [3.63, 3.8) is 0 Å². The molecule has 0 heterocycles. The zero-order valence-corrected chi connectivity index (χ0v) is 15.5. The second-order valence-electron chi connectivity index (χ2n) is 5.42. The zero-order chi connectivity index (χ0) is 20.3. The number of phenols is 1. The van der Waals surface area contributed by atoms with E-state index < -0.39 is 15.0 Å². The number of nitrogen functional groups attached to an aromatic ring is 1. The second kappa shape index (κ2) is 8.10. The molecule has 0 fully saturated rings. The highest BCUT2D eigenvalue weighted by Crippen LogP contribution is 2.44. The molecule has 0 unspecified atom stereocenters. The van der Waals surface area contributed by atoms with Gasteiger partial charge in [0, 0.05) is 11.1 Å². The van der Waals surface area contributed by atoms with Crippen molar-refractivity contribution in [3.8, 4) is 5.75 Å². The van der Waals surface area contributed by atoms with Crippen LogP contribution < -0.4 is 5.73 Å². The third-order valence-corrected chi connectivity index (χ3v) is 5.15. The lowest BCUT2D eigenvalue weighted by Gasteiger charge is -2.09. The molecule has 0 saturated heterocycles. The van der Waals surface area contributed by atoms with Gasteiger partial charge in [-0.3, -0.25) is 4.55 Å². The molecule has 0 aliphatic carbocycles. The van der Waals surface area contributed by atoms with Gasteiger partial charge in [-0.05, 0) is 41.8 Å². The normalized spacial score (nSPS) is 12.1. The average molecular weight is 423 g/mol. The molecule has 0 amide bonds. The maximum absolute atomic E-state index is 11.5. The molecule has 12 heteroatoms. The average Bonchev–Trinajstić information content (AvgIpc) is 2.65. The lowest BCUT2D eigenvalue weighted by Crippen LogP contribution is -1.97. The first kappa shape index (κ1) is 20.0. The van der Waals surface area contributed by atoms with Crippen molar-refractivity contribution >= 4 is 50.0 Å². The molecule has 3 aromatic carbocycles. The zero-order valence-electron chi connectivity index (χ0n) is 13.9. The highest BCUT2D eigenvalue weighted by Gasteiger charge is 2.17. The van der Waals surface area contributed by atoms with Crippen molar-refractivity contribution in [3.05, 3.63) is 48.5 Å². The number of nitrogens with two attached hydrogens (primary N) is 1. The van der Waals surface area contributed by atoms with Crippen LogP contribution in [0.25, 0.3) is 10.8 Å². The second-order valence-corrected chi connectivity index (χ2v) is 7.55. The minimum absolute atomic E-state index is 0.0792. The molecule has 28 heavy (non-hydrogen) atoms. The molecule has 0 radical (unpaired) electrons. The fourth-order valence-corrected chi connectivity index (χ4v) is 3.56. The Labute approximate surface area is 163 Å². The summed E-state index contributed by atoms with van der Waals surface area (Å²) >= 11 is 0.532. The molecule has 0 saturated carbocycles. The topological polar surface area (TPSA) is 164 Å². The van der Waals surface area contributed by atoms with Crippen molar-refractivity contribution < 1.29 is 32.7 Å². The number of nitrogens with zero attached hydrogens (tertiary/aromatic N) is 2. The van der Waals surface area contributed by atoms with Gasteiger partial charge in [0.15, 0.2) is 5.75 Å². The lowest BCUT2D eigenvalue weighted by atomic mass is 10.1. The highest BCUT2D eigenvalue weighted by atomic mass is 32.2. The molecule has 0 bridgehead atoms. The predicted octanol–water partition coefficient (Wildman–Crippen LogP) is 4.22. The summed E-state index contributed by atoms with van der Waals surface area (Å²) in [7, 11) is -4.52. The Morgan fingerprint density at radius 3 is 2.54 bits per heavy atom. The number of benzene rings is 3. The van der Waals surface area contributed by atoms with Gasteiger partial charge in [0.25, 0.3) is 10.1 Å². The number of rotatable bonds is 6. The molecule has 0 atom stereocenters. The van der Waals surface area contributed by atoms with E-state index >= 15 is 0 Å². The van der Waals surface area contributed by atoms with E-state index in [0.29, 0.717) is 28.5 Å². The molecular formula is C16H13N3O7S2. The Balaban J connectivity index is 2.16. The molecule has 0 aliphatic heterocycles. The predicted molar refractivity (Wildman–Crippen MR) is 101 cm³/mol. The molecule has 0 aromatic heterocycles. The molecule has 146 valence electrons. The Bertz CT molecular complexity index is 1170. The summed E-state index contributed by atoms with van der Waals surface area (Å²) in [4.78, 5) is -0.256. The van der Waals surface area contributed by atoms with Crippen molar-refractivity contribution in [1.82, 2.24) is 0 Å². The van der Waals surface area contributed by atoms with Crippen molar-refractivity contribution in [2.24, 2.45) is 10.2 Å². The summed E-state index contributed by atoms with van der Waals surface area (Å²) in [5.74, 6) is -0.283. The number of azo groups is 1. The molecule has 10 nitrogen and oxygen atoms in total. The largest absolute Gasteiger partial charge is 0.505 e. The van der Waals surface area contributed by atoms with Crippen LogP contribution in [0.5, 0.6) is 5.75 Å². The monoisotopic (exact) mass is 423 g/mol. The Hall–Kier alpha value is -2.74. The van der Waals surface area contributed by atoms with Crippen LogP contribution in [0.3, 0.4) is 0 Å². The SMILES string of the molecule is Nc1ccc2c(O)c(N=Nc3ccccc3S(=O)(=O)O)c(SOOO)cc2c1. The Morgan fingerprint density at radius 1 is 1.07 bits per heavy atom. The summed E-state index contributed by atoms with van der Waals surface area (Å²) in [6, 6.07) is 11.7. The van der Waals surface area contributed by atoms with Gasteiger partial charge in [-0.2, -0.15) is 8.42 Å². The third-order valence-electron chi connectivity index (χ3n) is 3.63. The van der Waals surface area contributed by atoms with E-state index in [2.05, 4.69) is 19.6 Å². The van der Waals surface area contributed by atoms with Crippen LogP contribution in [0.4, 0.5) is 17.1 Å². The summed E-state index contributed by atoms with van der Waals surface area (Å²) in [5, 5.41) is 31.3. The first-order chi connectivity index (χ1) is 13.3. The summed E-state index contributed by atoms with van der Waals surface area (Å²) in [6.45, 7) is 0. The van der Waals surface area contributed by atoms with Crippen LogP contribution in [0.1, 0.15) is 0 Å². The van der Waals surface area contributed by atoms with Crippen LogP contribution in [0, 0.1) is 0 Å².